The molecule has 2 aromatic carbocycles. The molecular weight excluding hydrogens is 503 g/mol. The molecule has 166 valence electrons. The highest BCUT2D eigenvalue weighted by Crippen LogP contribution is 2.28. The number of ether oxygens (including phenoxy) is 1. The van der Waals surface area contributed by atoms with E-state index in [-0.39, 0.29) is 29.9 Å². The number of halogens is 1. The maximum atomic E-state index is 12.6. The number of benzene rings is 2. The number of hydrogen-bond donors (Lipinski definition) is 2. The molecule has 2 aliphatic rings. The molecule has 4 rings (SSSR count). The Balaban J connectivity index is 0.00000272. The fraction of sp³-hybridized carbons (Fsp3) is 0.417. The van der Waals surface area contributed by atoms with Crippen LogP contribution in [0.15, 0.2) is 47.5 Å². The van der Waals surface area contributed by atoms with Crippen LogP contribution in [0.3, 0.4) is 0 Å². The first-order valence-corrected chi connectivity index (χ1v) is 10.8. The quantitative estimate of drug-likeness (QED) is 0.248. The Morgan fingerprint density at radius 1 is 1.10 bits per heavy atom. The fourth-order valence-electron chi connectivity index (χ4n) is 4.12. The zero-order valence-electron chi connectivity index (χ0n) is 18.0. The first kappa shape index (κ1) is 23.4. The summed E-state index contributed by atoms with van der Waals surface area (Å²) in [4.78, 5) is 18.8. The predicted molar refractivity (Wildman–Crippen MR) is 136 cm³/mol. The molecule has 1 amide bonds. The molecule has 0 saturated carbocycles. The van der Waals surface area contributed by atoms with Crippen LogP contribution in [0.2, 0.25) is 0 Å². The van der Waals surface area contributed by atoms with E-state index >= 15 is 0 Å². The van der Waals surface area contributed by atoms with E-state index < -0.39 is 0 Å². The first-order chi connectivity index (χ1) is 14.7. The van der Waals surface area contributed by atoms with Gasteiger partial charge in [-0.1, -0.05) is 30.3 Å². The summed E-state index contributed by atoms with van der Waals surface area (Å²) in [5, 5.41) is 6.66. The molecule has 31 heavy (non-hydrogen) atoms. The number of aliphatic imine (C=N–C) groups is 1. The Kier molecular flexibility index (Phi) is 8.57. The van der Waals surface area contributed by atoms with Crippen LogP contribution < -0.4 is 20.3 Å². The number of para-hydroxylation sites is 1. The fourth-order valence-corrected chi connectivity index (χ4v) is 4.12. The van der Waals surface area contributed by atoms with E-state index in [1.165, 1.54) is 16.7 Å². The van der Waals surface area contributed by atoms with Gasteiger partial charge in [-0.15, -0.1) is 24.0 Å². The van der Waals surface area contributed by atoms with Crippen LogP contribution in [0.4, 0.5) is 5.69 Å². The van der Waals surface area contributed by atoms with Crippen molar-refractivity contribution in [3.63, 3.8) is 0 Å². The van der Waals surface area contributed by atoms with E-state index in [0.717, 1.165) is 69.3 Å². The van der Waals surface area contributed by atoms with Crippen molar-refractivity contribution in [2.45, 2.75) is 32.1 Å². The molecule has 0 spiro atoms. The Hall–Kier alpha value is -2.29. The van der Waals surface area contributed by atoms with E-state index in [1.54, 1.807) is 7.05 Å². The highest BCUT2D eigenvalue weighted by atomic mass is 127. The Labute approximate surface area is 201 Å². The van der Waals surface area contributed by atoms with Crippen LogP contribution >= 0.6 is 24.0 Å². The largest absolute Gasteiger partial charge is 0.493 e. The van der Waals surface area contributed by atoms with Gasteiger partial charge in [0.15, 0.2) is 5.96 Å². The van der Waals surface area contributed by atoms with E-state index in [1.807, 2.05) is 23.1 Å². The summed E-state index contributed by atoms with van der Waals surface area (Å²) in [5.74, 6) is 2.00. The van der Waals surface area contributed by atoms with Gasteiger partial charge in [-0.3, -0.25) is 9.79 Å². The third-order valence-electron chi connectivity index (χ3n) is 5.73. The molecule has 2 heterocycles. The summed E-state index contributed by atoms with van der Waals surface area (Å²) >= 11 is 0. The number of anilines is 1. The van der Waals surface area contributed by atoms with Gasteiger partial charge in [0.25, 0.3) is 0 Å². The second-order valence-corrected chi connectivity index (χ2v) is 7.74. The second kappa shape index (κ2) is 11.4. The molecule has 0 unspecified atom stereocenters. The van der Waals surface area contributed by atoms with Crippen LogP contribution in [-0.4, -0.2) is 45.2 Å². The third kappa shape index (κ3) is 5.90. The van der Waals surface area contributed by atoms with Gasteiger partial charge < -0.3 is 20.3 Å². The highest BCUT2D eigenvalue weighted by molar-refractivity contribution is 14.0. The SMILES string of the molecule is CN=C(NCCCC(=O)N1CCc2ccccc21)NCCc1ccc2c(c1)CCO2.I. The van der Waals surface area contributed by atoms with Gasteiger partial charge >= 0.3 is 0 Å². The van der Waals surface area contributed by atoms with Gasteiger partial charge in [-0.05, 0) is 48.1 Å². The Morgan fingerprint density at radius 2 is 1.94 bits per heavy atom. The minimum atomic E-state index is 0. The highest BCUT2D eigenvalue weighted by Gasteiger charge is 2.23. The van der Waals surface area contributed by atoms with Crippen LogP contribution in [0.25, 0.3) is 0 Å². The molecule has 0 aromatic heterocycles. The lowest BCUT2D eigenvalue weighted by Crippen LogP contribution is -2.39. The smallest absolute Gasteiger partial charge is 0.227 e. The van der Waals surface area contributed by atoms with Crippen molar-refractivity contribution in [3.05, 3.63) is 59.2 Å². The molecule has 0 bridgehead atoms. The Bertz CT molecular complexity index is 932. The summed E-state index contributed by atoms with van der Waals surface area (Å²) in [6.07, 6.45) is 4.20. The average Bonchev–Trinajstić information content (AvgIpc) is 3.41. The first-order valence-electron chi connectivity index (χ1n) is 10.8. The summed E-state index contributed by atoms with van der Waals surface area (Å²) in [6, 6.07) is 14.6. The number of carbonyl (C=O) groups is 1. The van der Waals surface area contributed by atoms with Crippen LogP contribution in [0.5, 0.6) is 5.75 Å². The number of guanidine groups is 1. The van der Waals surface area contributed by atoms with E-state index in [4.69, 9.17) is 4.74 Å². The van der Waals surface area contributed by atoms with Crippen molar-refractivity contribution < 1.29 is 9.53 Å². The van der Waals surface area contributed by atoms with E-state index in [2.05, 4.69) is 39.9 Å². The number of nitrogens with zero attached hydrogens (tertiary/aromatic N) is 2. The van der Waals surface area contributed by atoms with Gasteiger partial charge in [0.1, 0.15) is 5.75 Å². The lowest BCUT2D eigenvalue weighted by atomic mass is 10.1. The van der Waals surface area contributed by atoms with Gasteiger partial charge in [0, 0.05) is 45.2 Å². The Morgan fingerprint density at radius 3 is 2.81 bits per heavy atom. The second-order valence-electron chi connectivity index (χ2n) is 7.74. The number of rotatable bonds is 7. The third-order valence-corrected chi connectivity index (χ3v) is 5.73. The molecule has 0 atom stereocenters. The minimum Gasteiger partial charge on any atom is -0.493 e. The summed E-state index contributed by atoms with van der Waals surface area (Å²) in [7, 11) is 1.77. The zero-order chi connectivity index (χ0) is 20.8. The van der Waals surface area contributed by atoms with Crippen molar-refractivity contribution in [2.75, 3.05) is 38.2 Å². The van der Waals surface area contributed by atoms with Crippen LogP contribution in [0.1, 0.15) is 29.5 Å². The van der Waals surface area contributed by atoms with Gasteiger partial charge in [-0.25, -0.2) is 0 Å². The number of nitrogens with one attached hydrogen (secondary N) is 2. The van der Waals surface area contributed by atoms with Crippen molar-refractivity contribution in [3.8, 4) is 5.75 Å². The van der Waals surface area contributed by atoms with Gasteiger partial charge in [0.05, 0.1) is 6.61 Å². The lowest BCUT2D eigenvalue weighted by molar-refractivity contribution is -0.118. The summed E-state index contributed by atoms with van der Waals surface area (Å²) in [6.45, 7) is 3.11. The predicted octanol–water partition coefficient (Wildman–Crippen LogP) is 3.32. The number of amides is 1. The number of fused-ring (bicyclic) bond motifs is 2. The summed E-state index contributed by atoms with van der Waals surface area (Å²) in [5.41, 5.74) is 4.95. The molecule has 6 nitrogen and oxygen atoms in total. The lowest BCUT2D eigenvalue weighted by Gasteiger charge is -2.17. The monoisotopic (exact) mass is 534 g/mol. The topological polar surface area (TPSA) is 66.0 Å². The zero-order valence-corrected chi connectivity index (χ0v) is 20.4. The normalized spacial score (nSPS) is 14.4. The van der Waals surface area contributed by atoms with Crippen molar-refractivity contribution in [1.29, 1.82) is 0 Å². The molecule has 2 aromatic rings. The number of hydrogen-bond acceptors (Lipinski definition) is 3. The van der Waals surface area contributed by atoms with Crippen LogP contribution in [0, 0.1) is 0 Å². The molecule has 0 aliphatic carbocycles. The molecule has 0 saturated heterocycles. The van der Waals surface area contributed by atoms with Crippen molar-refractivity contribution in [1.82, 2.24) is 10.6 Å². The number of carbonyl (C=O) groups excluding carboxylic acids is 1. The van der Waals surface area contributed by atoms with Crippen LogP contribution in [-0.2, 0) is 24.1 Å². The van der Waals surface area contributed by atoms with Crippen molar-refractivity contribution >= 4 is 41.5 Å². The molecule has 2 N–H and O–H groups in total. The molecule has 0 radical (unpaired) electrons. The molecular formula is C24H31IN4O2. The maximum absolute atomic E-state index is 12.6. The van der Waals surface area contributed by atoms with E-state index in [9.17, 15) is 4.79 Å². The molecule has 7 heteroatoms. The van der Waals surface area contributed by atoms with Crippen molar-refractivity contribution in [2.24, 2.45) is 4.99 Å². The molecule has 2 aliphatic heterocycles. The maximum Gasteiger partial charge on any atom is 0.227 e. The molecule has 0 fully saturated rings. The average molecular weight is 534 g/mol. The standard InChI is InChI=1S/C24H30N4O2.HI/c1-25-24(27-14-10-18-8-9-22-20(17-18)12-16-30-22)26-13-4-7-23(29)28-15-11-19-5-2-3-6-21(19)28;/h2-3,5-6,8-9,17H,4,7,10-16H2,1H3,(H2,25,26,27);1H. The summed E-state index contributed by atoms with van der Waals surface area (Å²) < 4.78 is 5.56. The van der Waals surface area contributed by atoms with Gasteiger partial charge in [0.2, 0.25) is 5.91 Å². The minimum absolute atomic E-state index is 0. The van der Waals surface area contributed by atoms with E-state index in [0.29, 0.717) is 6.42 Å². The van der Waals surface area contributed by atoms with Gasteiger partial charge in [-0.2, -0.15) is 0 Å².